The molecule has 0 spiro atoms. The van der Waals surface area contributed by atoms with Gasteiger partial charge in [-0.2, -0.15) is 5.10 Å². The molecule has 1 aromatic carbocycles. The molecule has 2 aliphatic heterocycles. The molecular formula is C22H24N6O. The van der Waals surface area contributed by atoms with E-state index in [0.29, 0.717) is 12.6 Å². The molecule has 7 heteroatoms. The maximum absolute atomic E-state index is 12.7. The van der Waals surface area contributed by atoms with Gasteiger partial charge in [0.05, 0.1) is 12.1 Å². The van der Waals surface area contributed by atoms with E-state index in [1.54, 1.807) is 6.20 Å². The van der Waals surface area contributed by atoms with Crippen LogP contribution >= 0.6 is 0 Å². The number of amides is 2. The van der Waals surface area contributed by atoms with Crippen molar-refractivity contribution in [2.75, 3.05) is 11.9 Å². The Morgan fingerprint density at radius 3 is 2.83 bits per heavy atom. The van der Waals surface area contributed by atoms with E-state index in [0.717, 1.165) is 57.8 Å². The van der Waals surface area contributed by atoms with Crippen LogP contribution in [0.5, 0.6) is 0 Å². The number of carbonyl (C=O) groups is 1. The third-order valence-electron chi connectivity index (χ3n) is 5.72. The summed E-state index contributed by atoms with van der Waals surface area (Å²) in [5.41, 5.74) is 6.81. The van der Waals surface area contributed by atoms with Gasteiger partial charge in [0.2, 0.25) is 0 Å². The fraction of sp³-hybridized carbons (Fsp3) is 0.318. The van der Waals surface area contributed by atoms with Crippen LogP contribution in [0.2, 0.25) is 0 Å². The van der Waals surface area contributed by atoms with Crippen molar-refractivity contribution in [3.05, 3.63) is 53.6 Å². The van der Waals surface area contributed by atoms with Crippen molar-refractivity contribution in [1.29, 1.82) is 0 Å². The Morgan fingerprint density at radius 1 is 1.21 bits per heavy atom. The maximum Gasteiger partial charge on any atom is 0.326 e. The van der Waals surface area contributed by atoms with E-state index in [-0.39, 0.29) is 6.03 Å². The third-order valence-corrected chi connectivity index (χ3v) is 5.72. The van der Waals surface area contributed by atoms with Gasteiger partial charge in [0, 0.05) is 59.4 Å². The minimum atomic E-state index is -0.0711. The van der Waals surface area contributed by atoms with Crippen molar-refractivity contribution < 1.29 is 4.79 Å². The number of anilines is 1. The monoisotopic (exact) mass is 388 g/mol. The van der Waals surface area contributed by atoms with E-state index in [9.17, 15) is 4.79 Å². The van der Waals surface area contributed by atoms with Gasteiger partial charge in [-0.3, -0.25) is 15.0 Å². The lowest BCUT2D eigenvalue weighted by Crippen LogP contribution is -2.37. The van der Waals surface area contributed by atoms with Gasteiger partial charge in [-0.25, -0.2) is 4.79 Å². The fourth-order valence-electron chi connectivity index (χ4n) is 4.10. The molecule has 5 rings (SSSR count). The molecule has 148 valence electrons. The second kappa shape index (κ2) is 6.62. The molecule has 0 unspecified atom stereocenters. The summed E-state index contributed by atoms with van der Waals surface area (Å²) in [6.45, 7) is 7.83. The average molecular weight is 388 g/mol. The predicted octanol–water partition coefficient (Wildman–Crippen LogP) is 4.24. The van der Waals surface area contributed by atoms with Crippen LogP contribution in [0.1, 0.15) is 31.5 Å². The number of aromatic amines is 1. The highest BCUT2D eigenvalue weighted by Gasteiger charge is 2.29. The van der Waals surface area contributed by atoms with Gasteiger partial charge < -0.3 is 10.2 Å². The zero-order valence-electron chi connectivity index (χ0n) is 16.9. The van der Waals surface area contributed by atoms with E-state index in [1.807, 2.05) is 30.0 Å². The first-order chi connectivity index (χ1) is 14.0. The highest BCUT2D eigenvalue weighted by atomic mass is 16.2. The quantitative estimate of drug-likeness (QED) is 0.704. The zero-order valence-corrected chi connectivity index (χ0v) is 16.9. The number of hydrogen-bond donors (Lipinski definition) is 2. The summed E-state index contributed by atoms with van der Waals surface area (Å²) in [5.74, 6) is 0. The Labute approximate surface area is 169 Å². The van der Waals surface area contributed by atoms with Crippen LogP contribution < -0.4 is 5.32 Å². The summed E-state index contributed by atoms with van der Waals surface area (Å²) in [7, 11) is 0. The molecule has 0 bridgehead atoms. The number of fused-ring (bicyclic) bond motifs is 2. The Hall–Kier alpha value is -3.35. The molecule has 0 fully saturated rings. The Balaban J connectivity index is 1.53. The summed E-state index contributed by atoms with van der Waals surface area (Å²) in [6, 6.07) is 8.49. The number of aromatic nitrogens is 3. The highest BCUT2D eigenvalue weighted by molar-refractivity contribution is 6.00. The number of urea groups is 1. The summed E-state index contributed by atoms with van der Waals surface area (Å²) >= 11 is 0. The van der Waals surface area contributed by atoms with Crippen LogP contribution in [-0.4, -0.2) is 43.6 Å². The molecule has 4 heterocycles. The van der Waals surface area contributed by atoms with E-state index in [1.165, 1.54) is 0 Å². The molecule has 2 aliphatic rings. The van der Waals surface area contributed by atoms with Crippen LogP contribution in [0.15, 0.2) is 42.4 Å². The lowest BCUT2D eigenvalue weighted by atomic mass is 10.0. The SMILES string of the molecule is Cc1cc(-c2n[nH]c3cc4c(cc23)CN(C2=CN(C(C)C)CC2)C(=O)N4)ccn1. The molecule has 7 nitrogen and oxygen atoms in total. The summed E-state index contributed by atoms with van der Waals surface area (Å²) in [6.07, 6.45) is 4.81. The van der Waals surface area contributed by atoms with Crippen LogP contribution in [-0.2, 0) is 6.54 Å². The molecule has 3 aromatic rings. The number of benzene rings is 1. The standard InChI is InChI=1S/C22H24N6O/c1-13(2)27-7-5-17(12-27)28-11-16-9-18-20(10-19(16)24-22(28)29)25-26-21(18)15-4-6-23-14(3)8-15/h4,6,8-10,12-13H,5,7,11H2,1-3H3,(H,24,29)(H,25,26). The number of carbonyl (C=O) groups excluding carboxylic acids is 1. The second-order valence-electron chi connectivity index (χ2n) is 8.03. The van der Waals surface area contributed by atoms with E-state index >= 15 is 0 Å². The summed E-state index contributed by atoms with van der Waals surface area (Å²) in [5, 5.41) is 11.7. The number of hydrogen-bond acceptors (Lipinski definition) is 4. The van der Waals surface area contributed by atoms with Crippen LogP contribution in [0.25, 0.3) is 22.2 Å². The summed E-state index contributed by atoms with van der Waals surface area (Å²) in [4.78, 5) is 21.2. The largest absolute Gasteiger partial charge is 0.373 e. The summed E-state index contributed by atoms with van der Waals surface area (Å²) < 4.78 is 0. The molecule has 2 aromatic heterocycles. The van der Waals surface area contributed by atoms with Gasteiger partial charge in [0.15, 0.2) is 0 Å². The van der Waals surface area contributed by atoms with Crippen molar-refractivity contribution in [2.24, 2.45) is 0 Å². The lowest BCUT2D eigenvalue weighted by Gasteiger charge is -2.30. The van der Waals surface area contributed by atoms with Crippen LogP contribution in [0.4, 0.5) is 10.5 Å². The predicted molar refractivity (Wildman–Crippen MR) is 113 cm³/mol. The number of nitrogens with one attached hydrogen (secondary N) is 2. The maximum atomic E-state index is 12.7. The topological polar surface area (TPSA) is 77.2 Å². The van der Waals surface area contributed by atoms with Gasteiger partial charge in [-0.15, -0.1) is 0 Å². The third kappa shape index (κ3) is 3.03. The van der Waals surface area contributed by atoms with Crippen molar-refractivity contribution in [3.63, 3.8) is 0 Å². The number of pyridine rings is 1. The smallest absolute Gasteiger partial charge is 0.326 e. The molecule has 2 N–H and O–H groups in total. The second-order valence-corrected chi connectivity index (χ2v) is 8.03. The van der Waals surface area contributed by atoms with Crippen molar-refractivity contribution in [2.45, 2.75) is 39.8 Å². The van der Waals surface area contributed by atoms with Crippen molar-refractivity contribution >= 4 is 22.6 Å². The van der Waals surface area contributed by atoms with E-state index < -0.39 is 0 Å². The average Bonchev–Trinajstić information content (AvgIpc) is 3.33. The normalized spacial score (nSPS) is 16.4. The number of rotatable bonds is 3. The Bertz CT molecular complexity index is 1150. The molecule has 0 atom stereocenters. The van der Waals surface area contributed by atoms with Crippen LogP contribution in [0, 0.1) is 6.92 Å². The Morgan fingerprint density at radius 2 is 2.07 bits per heavy atom. The minimum absolute atomic E-state index is 0.0711. The molecule has 0 aliphatic carbocycles. The first-order valence-corrected chi connectivity index (χ1v) is 9.98. The van der Waals surface area contributed by atoms with Gasteiger partial charge in [0.1, 0.15) is 5.69 Å². The van der Waals surface area contributed by atoms with Gasteiger partial charge in [0.25, 0.3) is 0 Å². The highest BCUT2D eigenvalue weighted by Crippen LogP contribution is 2.35. The van der Waals surface area contributed by atoms with Crippen molar-refractivity contribution in [1.82, 2.24) is 25.0 Å². The first kappa shape index (κ1) is 17.7. The molecule has 0 radical (unpaired) electrons. The molecule has 0 saturated heterocycles. The van der Waals surface area contributed by atoms with E-state index in [4.69, 9.17) is 0 Å². The number of aryl methyl sites for hydroxylation is 1. The molecule has 0 saturated carbocycles. The van der Waals surface area contributed by atoms with Gasteiger partial charge in [-0.05, 0) is 50.6 Å². The van der Waals surface area contributed by atoms with Gasteiger partial charge >= 0.3 is 6.03 Å². The lowest BCUT2D eigenvalue weighted by molar-refractivity contribution is 0.220. The molecule has 29 heavy (non-hydrogen) atoms. The Kier molecular flexibility index (Phi) is 4.04. The van der Waals surface area contributed by atoms with Crippen LogP contribution in [0.3, 0.4) is 0 Å². The first-order valence-electron chi connectivity index (χ1n) is 9.98. The molecular weight excluding hydrogens is 364 g/mol. The number of nitrogens with zero attached hydrogens (tertiary/aromatic N) is 4. The van der Waals surface area contributed by atoms with E-state index in [2.05, 4.69) is 51.5 Å². The fourth-order valence-corrected chi connectivity index (χ4v) is 4.10. The van der Waals surface area contributed by atoms with Gasteiger partial charge in [-0.1, -0.05) is 0 Å². The molecule has 2 amide bonds. The minimum Gasteiger partial charge on any atom is -0.373 e. The van der Waals surface area contributed by atoms with Crippen molar-refractivity contribution in [3.8, 4) is 11.3 Å². The zero-order chi connectivity index (χ0) is 20.1. The number of H-pyrrole nitrogens is 1.